The first-order valence-corrected chi connectivity index (χ1v) is 6.77. The molecule has 0 aliphatic carbocycles. The molecule has 24 heavy (non-hydrogen) atoms. The van der Waals surface area contributed by atoms with Gasteiger partial charge in [-0.2, -0.15) is 0 Å². The van der Waals surface area contributed by atoms with E-state index < -0.39 is 67.4 Å². The van der Waals surface area contributed by atoms with Crippen LogP contribution >= 0.6 is 0 Å². The van der Waals surface area contributed by atoms with Crippen molar-refractivity contribution in [1.82, 2.24) is 16.0 Å². The maximum Gasteiger partial charge on any atom is 0.322 e. The minimum Gasteiger partial charge on any atom is -0.481 e. The summed E-state index contributed by atoms with van der Waals surface area (Å²) < 4.78 is 0. The first-order chi connectivity index (χ1) is 11.1. The molecule has 0 unspecified atom stereocenters. The molecule has 0 saturated carbocycles. The quantitative estimate of drug-likeness (QED) is 0.205. The van der Waals surface area contributed by atoms with Gasteiger partial charge in [-0.25, -0.2) is 0 Å². The normalized spacial score (nSPS) is 14.0. The van der Waals surface area contributed by atoms with Crippen LogP contribution in [0.15, 0.2) is 0 Å². The van der Waals surface area contributed by atoms with Crippen molar-refractivity contribution >= 4 is 29.7 Å². The number of carboxylic acid groups (broad SMARTS) is 2. The van der Waals surface area contributed by atoms with E-state index in [1.165, 1.54) is 6.92 Å². The van der Waals surface area contributed by atoms with Crippen LogP contribution in [0.3, 0.4) is 0 Å². The van der Waals surface area contributed by atoms with Crippen molar-refractivity contribution in [2.24, 2.45) is 5.73 Å². The van der Waals surface area contributed by atoms with Crippen LogP contribution in [0.1, 0.15) is 13.3 Å². The summed E-state index contributed by atoms with van der Waals surface area (Å²) in [6.07, 6.45) is -0.823. The SMILES string of the molecule is C[C@H](N)C(=O)N[C@@H](CO)C(=O)N[C@@H](CC(=O)O)C(=O)NCC(=O)O. The second-order valence-corrected chi connectivity index (χ2v) is 4.80. The summed E-state index contributed by atoms with van der Waals surface area (Å²) in [4.78, 5) is 56.3. The Balaban J connectivity index is 4.94. The van der Waals surface area contributed by atoms with Gasteiger partial charge in [-0.15, -0.1) is 0 Å². The lowest BCUT2D eigenvalue weighted by Crippen LogP contribution is -2.57. The van der Waals surface area contributed by atoms with Crippen molar-refractivity contribution in [2.75, 3.05) is 13.2 Å². The molecular formula is C12H20N4O8. The number of nitrogens with one attached hydrogen (secondary N) is 3. The van der Waals surface area contributed by atoms with Crippen molar-refractivity contribution in [3.05, 3.63) is 0 Å². The van der Waals surface area contributed by atoms with E-state index in [1.807, 2.05) is 10.6 Å². The van der Waals surface area contributed by atoms with E-state index in [-0.39, 0.29) is 0 Å². The summed E-state index contributed by atoms with van der Waals surface area (Å²) in [5, 5.41) is 32.4. The zero-order valence-corrected chi connectivity index (χ0v) is 12.8. The van der Waals surface area contributed by atoms with Crippen LogP contribution in [0.5, 0.6) is 0 Å². The molecule has 0 fully saturated rings. The molecule has 0 heterocycles. The lowest BCUT2D eigenvalue weighted by atomic mass is 10.1. The van der Waals surface area contributed by atoms with Crippen molar-refractivity contribution in [2.45, 2.75) is 31.5 Å². The molecule has 0 aliphatic heterocycles. The Morgan fingerprint density at radius 1 is 0.917 bits per heavy atom. The van der Waals surface area contributed by atoms with Gasteiger partial charge in [0, 0.05) is 0 Å². The number of carboxylic acids is 2. The Morgan fingerprint density at radius 2 is 1.46 bits per heavy atom. The number of hydrogen-bond acceptors (Lipinski definition) is 7. The van der Waals surface area contributed by atoms with Gasteiger partial charge in [0.2, 0.25) is 17.7 Å². The molecule has 12 nitrogen and oxygen atoms in total. The first-order valence-electron chi connectivity index (χ1n) is 6.77. The van der Waals surface area contributed by atoms with Gasteiger partial charge in [0.05, 0.1) is 19.1 Å². The average molecular weight is 348 g/mol. The minimum atomic E-state index is -1.59. The number of rotatable bonds is 10. The summed E-state index contributed by atoms with van der Waals surface area (Å²) in [6.45, 7) is -0.245. The molecule has 0 saturated heterocycles. The maximum absolute atomic E-state index is 12.0. The van der Waals surface area contributed by atoms with Gasteiger partial charge in [-0.3, -0.25) is 24.0 Å². The third-order valence-corrected chi connectivity index (χ3v) is 2.65. The Labute approximate surface area is 136 Å². The fraction of sp³-hybridized carbons (Fsp3) is 0.583. The standard InChI is InChI=1S/C12H20N4O8/c1-5(13)10(22)16-7(4-17)12(24)15-6(2-8(18)19)11(23)14-3-9(20)21/h5-7,17H,2-4,13H2,1H3,(H,14,23)(H,15,24)(H,16,22)(H,18,19)(H,20,21)/t5-,6-,7-/m0/s1. The topological polar surface area (TPSA) is 208 Å². The number of hydrogen-bond donors (Lipinski definition) is 7. The molecule has 0 rings (SSSR count). The second kappa shape index (κ2) is 10.1. The van der Waals surface area contributed by atoms with Crippen LogP contribution < -0.4 is 21.7 Å². The van der Waals surface area contributed by atoms with Crippen molar-refractivity contribution < 1.29 is 39.3 Å². The summed E-state index contributed by atoms with van der Waals surface area (Å²) in [5.41, 5.74) is 5.30. The van der Waals surface area contributed by atoms with E-state index in [4.69, 9.17) is 21.1 Å². The van der Waals surface area contributed by atoms with Gasteiger partial charge in [0.1, 0.15) is 18.6 Å². The third-order valence-electron chi connectivity index (χ3n) is 2.65. The number of carbonyl (C=O) groups excluding carboxylic acids is 3. The molecule has 3 amide bonds. The van der Waals surface area contributed by atoms with Gasteiger partial charge in [0.15, 0.2) is 0 Å². The van der Waals surface area contributed by atoms with E-state index >= 15 is 0 Å². The Kier molecular flexibility index (Phi) is 8.97. The van der Waals surface area contributed by atoms with Crippen LogP contribution in [0.25, 0.3) is 0 Å². The summed E-state index contributed by atoms with van der Waals surface area (Å²) in [7, 11) is 0. The minimum absolute atomic E-state index is 0.741. The third kappa shape index (κ3) is 8.05. The summed E-state index contributed by atoms with van der Waals surface area (Å²) >= 11 is 0. The second-order valence-electron chi connectivity index (χ2n) is 4.80. The van der Waals surface area contributed by atoms with Crippen molar-refractivity contribution in [3.8, 4) is 0 Å². The molecule has 0 radical (unpaired) electrons. The van der Waals surface area contributed by atoms with E-state index in [1.54, 1.807) is 0 Å². The van der Waals surface area contributed by atoms with Crippen LogP contribution in [-0.4, -0.2) is 76.3 Å². The van der Waals surface area contributed by atoms with Gasteiger partial charge in [-0.05, 0) is 6.92 Å². The number of aliphatic hydroxyl groups is 1. The summed E-state index contributed by atoms with van der Waals surface area (Å²) in [5.74, 6) is -5.59. The highest BCUT2D eigenvalue weighted by Gasteiger charge is 2.28. The monoisotopic (exact) mass is 348 g/mol. The van der Waals surface area contributed by atoms with Gasteiger partial charge >= 0.3 is 11.9 Å². The number of aliphatic carboxylic acids is 2. The Morgan fingerprint density at radius 3 is 1.88 bits per heavy atom. The highest BCUT2D eigenvalue weighted by atomic mass is 16.4. The van der Waals surface area contributed by atoms with Crippen LogP contribution in [0.4, 0.5) is 0 Å². The number of aliphatic hydroxyl groups excluding tert-OH is 1. The number of nitrogens with two attached hydrogens (primary N) is 1. The molecular weight excluding hydrogens is 328 g/mol. The van der Waals surface area contributed by atoms with Crippen molar-refractivity contribution in [3.63, 3.8) is 0 Å². The first kappa shape index (κ1) is 21.3. The van der Waals surface area contributed by atoms with Gasteiger partial charge in [0.25, 0.3) is 0 Å². The Hall–Kier alpha value is -2.73. The van der Waals surface area contributed by atoms with Crippen LogP contribution in [0.2, 0.25) is 0 Å². The fourth-order valence-corrected chi connectivity index (χ4v) is 1.44. The average Bonchev–Trinajstić information content (AvgIpc) is 2.48. The number of amides is 3. The van der Waals surface area contributed by atoms with E-state index in [0.717, 1.165) is 0 Å². The molecule has 0 aliphatic rings. The predicted octanol–water partition coefficient (Wildman–Crippen LogP) is -4.03. The molecule has 0 aromatic carbocycles. The summed E-state index contributed by atoms with van der Waals surface area (Å²) in [6, 6.07) is -4.00. The largest absolute Gasteiger partial charge is 0.481 e. The highest BCUT2D eigenvalue weighted by Crippen LogP contribution is 1.96. The van der Waals surface area contributed by atoms with Crippen molar-refractivity contribution in [1.29, 1.82) is 0 Å². The van der Waals surface area contributed by atoms with E-state index in [0.29, 0.717) is 0 Å². The lowest BCUT2D eigenvalue weighted by molar-refractivity contribution is -0.141. The molecule has 8 N–H and O–H groups in total. The zero-order chi connectivity index (χ0) is 18.9. The van der Waals surface area contributed by atoms with Gasteiger partial charge < -0.3 is 37.0 Å². The predicted molar refractivity (Wildman–Crippen MR) is 77.5 cm³/mol. The zero-order valence-electron chi connectivity index (χ0n) is 12.8. The Bertz CT molecular complexity index is 507. The highest BCUT2D eigenvalue weighted by molar-refractivity contribution is 5.95. The van der Waals surface area contributed by atoms with E-state index in [2.05, 4.69) is 5.32 Å². The molecule has 12 heteroatoms. The van der Waals surface area contributed by atoms with Crippen LogP contribution in [0, 0.1) is 0 Å². The lowest BCUT2D eigenvalue weighted by Gasteiger charge is -2.21. The molecule has 0 bridgehead atoms. The number of carbonyl (C=O) groups is 5. The molecule has 136 valence electrons. The molecule has 0 spiro atoms. The molecule has 0 aromatic heterocycles. The molecule has 3 atom stereocenters. The maximum atomic E-state index is 12.0. The fourth-order valence-electron chi connectivity index (χ4n) is 1.44. The smallest absolute Gasteiger partial charge is 0.322 e. The van der Waals surface area contributed by atoms with Crippen LogP contribution in [-0.2, 0) is 24.0 Å². The van der Waals surface area contributed by atoms with E-state index in [9.17, 15) is 24.0 Å². The van der Waals surface area contributed by atoms with Gasteiger partial charge in [-0.1, -0.05) is 0 Å². The molecule has 0 aromatic rings.